The van der Waals surface area contributed by atoms with Crippen LogP contribution in [0.4, 0.5) is 13.2 Å². The Morgan fingerprint density at radius 2 is 1.44 bits per heavy atom. The molecule has 0 radical (unpaired) electrons. The molecular weight excluding hydrogens is 437 g/mol. The topological polar surface area (TPSA) is 18.5 Å². The van der Waals surface area contributed by atoms with E-state index in [1.54, 1.807) is 49.4 Å². The molecule has 0 N–H and O–H groups in total. The number of benzene rings is 3. The van der Waals surface area contributed by atoms with E-state index < -0.39 is 17.9 Å². The number of aryl methyl sites for hydroxylation is 1. The van der Waals surface area contributed by atoms with Crippen LogP contribution in [-0.4, -0.2) is 13.2 Å². The van der Waals surface area contributed by atoms with Gasteiger partial charge in [0.25, 0.3) is 0 Å². The Hall–Kier alpha value is -2.63. The molecular formula is C29H31F3O2. The third-order valence-electron chi connectivity index (χ3n) is 6.51. The highest BCUT2D eigenvalue weighted by Crippen LogP contribution is 2.33. The molecule has 0 aliphatic carbocycles. The molecule has 4 rings (SSSR count). The van der Waals surface area contributed by atoms with Gasteiger partial charge in [0.1, 0.15) is 5.82 Å². The predicted octanol–water partition coefficient (Wildman–Crippen LogP) is 8.24. The van der Waals surface area contributed by atoms with E-state index in [9.17, 15) is 13.2 Å². The molecule has 5 heteroatoms. The Bertz CT molecular complexity index is 1100. The van der Waals surface area contributed by atoms with Crippen molar-refractivity contribution in [2.24, 2.45) is 5.92 Å². The second-order valence-corrected chi connectivity index (χ2v) is 8.93. The first-order chi connectivity index (χ1) is 16.5. The third kappa shape index (κ3) is 5.37. The van der Waals surface area contributed by atoms with Crippen LogP contribution in [-0.2, 0) is 15.9 Å². The van der Waals surface area contributed by atoms with Crippen molar-refractivity contribution >= 4 is 0 Å². The molecule has 0 atom stereocenters. The lowest BCUT2D eigenvalue weighted by atomic mass is 9.97. The molecule has 34 heavy (non-hydrogen) atoms. The van der Waals surface area contributed by atoms with E-state index in [0.29, 0.717) is 47.8 Å². The van der Waals surface area contributed by atoms with Crippen molar-refractivity contribution in [1.82, 2.24) is 0 Å². The minimum absolute atomic E-state index is 0.211. The summed E-state index contributed by atoms with van der Waals surface area (Å²) in [5.41, 5.74) is 2.99. The summed E-state index contributed by atoms with van der Waals surface area (Å²) in [5, 5.41) is 0. The van der Waals surface area contributed by atoms with Crippen molar-refractivity contribution < 1.29 is 22.6 Å². The van der Waals surface area contributed by atoms with Gasteiger partial charge in [0.15, 0.2) is 17.9 Å². The number of hydrogen-bond acceptors (Lipinski definition) is 2. The Morgan fingerprint density at radius 1 is 0.765 bits per heavy atom. The van der Waals surface area contributed by atoms with E-state index >= 15 is 0 Å². The normalized spacial score (nSPS) is 18.3. The molecule has 1 heterocycles. The Balaban J connectivity index is 1.45. The minimum atomic E-state index is -0.845. The lowest BCUT2D eigenvalue weighted by molar-refractivity contribution is -0.207. The average Bonchev–Trinajstić information content (AvgIpc) is 2.86. The Labute approximate surface area is 199 Å². The van der Waals surface area contributed by atoms with Crippen LogP contribution in [0.3, 0.4) is 0 Å². The summed E-state index contributed by atoms with van der Waals surface area (Å²) >= 11 is 0. The van der Waals surface area contributed by atoms with Crippen molar-refractivity contribution in [1.29, 1.82) is 0 Å². The van der Waals surface area contributed by atoms with Crippen LogP contribution in [0.25, 0.3) is 22.3 Å². The van der Waals surface area contributed by atoms with E-state index in [1.807, 2.05) is 6.07 Å². The molecule has 3 aromatic carbocycles. The number of hydrogen-bond donors (Lipinski definition) is 0. The summed E-state index contributed by atoms with van der Waals surface area (Å²) < 4.78 is 55.2. The SMILES string of the molecule is CCCCCC1COC(c2ccc(-c3ccc(-c4ccc(CC)c(F)c4F)cc3)cc2F)OC1. The van der Waals surface area contributed by atoms with E-state index in [4.69, 9.17) is 9.47 Å². The summed E-state index contributed by atoms with van der Waals surface area (Å²) in [6.45, 7) is 5.12. The Kier molecular flexibility index (Phi) is 8.07. The van der Waals surface area contributed by atoms with Crippen LogP contribution < -0.4 is 0 Å². The molecule has 180 valence electrons. The summed E-state index contributed by atoms with van der Waals surface area (Å²) in [6.07, 6.45) is 4.35. The Morgan fingerprint density at radius 3 is 2.09 bits per heavy atom. The summed E-state index contributed by atoms with van der Waals surface area (Å²) in [6, 6.07) is 15.2. The number of unbranched alkanes of at least 4 members (excludes halogenated alkanes) is 2. The minimum Gasteiger partial charge on any atom is -0.348 e. The zero-order chi connectivity index (χ0) is 24.1. The molecule has 1 saturated heterocycles. The van der Waals surface area contributed by atoms with Gasteiger partial charge in [0.2, 0.25) is 0 Å². The van der Waals surface area contributed by atoms with Crippen molar-refractivity contribution in [3.8, 4) is 22.3 Å². The van der Waals surface area contributed by atoms with Crippen LogP contribution >= 0.6 is 0 Å². The smallest absolute Gasteiger partial charge is 0.186 e. The van der Waals surface area contributed by atoms with Crippen molar-refractivity contribution in [3.05, 3.63) is 83.2 Å². The quantitative estimate of drug-likeness (QED) is 0.310. The maximum absolute atomic E-state index is 14.9. The van der Waals surface area contributed by atoms with Crippen molar-refractivity contribution in [3.63, 3.8) is 0 Å². The summed E-state index contributed by atoms with van der Waals surface area (Å²) in [7, 11) is 0. The maximum atomic E-state index is 14.9. The first kappa shape index (κ1) is 24.5. The number of ether oxygens (including phenoxy) is 2. The van der Waals surface area contributed by atoms with Gasteiger partial charge in [-0.2, -0.15) is 0 Å². The van der Waals surface area contributed by atoms with Gasteiger partial charge in [0, 0.05) is 17.0 Å². The van der Waals surface area contributed by atoms with Gasteiger partial charge in [-0.05, 0) is 41.2 Å². The molecule has 1 fully saturated rings. The zero-order valence-corrected chi connectivity index (χ0v) is 19.8. The standard InChI is InChI=1S/C29H31F3O2/c1-3-5-6-7-19-17-33-29(34-18-19)25-15-13-23(16-26(25)30)21-8-10-22(11-9-21)24-14-12-20(4-2)27(31)28(24)32/h8-16,19,29H,3-7,17-18H2,1-2H3. The van der Waals surface area contributed by atoms with Gasteiger partial charge in [-0.15, -0.1) is 0 Å². The lowest BCUT2D eigenvalue weighted by Crippen LogP contribution is -2.27. The molecule has 0 bridgehead atoms. The monoisotopic (exact) mass is 468 g/mol. The van der Waals surface area contributed by atoms with E-state index in [2.05, 4.69) is 6.92 Å². The molecule has 0 saturated carbocycles. The number of rotatable bonds is 8. The summed E-state index contributed by atoms with van der Waals surface area (Å²) in [4.78, 5) is 0. The predicted molar refractivity (Wildman–Crippen MR) is 129 cm³/mol. The number of halogens is 3. The third-order valence-corrected chi connectivity index (χ3v) is 6.51. The summed E-state index contributed by atoms with van der Waals surface area (Å²) in [5.74, 6) is -1.68. The van der Waals surface area contributed by atoms with E-state index in [-0.39, 0.29) is 11.4 Å². The first-order valence-electron chi connectivity index (χ1n) is 12.1. The van der Waals surface area contributed by atoms with E-state index in [1.165, 1.54) is 18.9 Å². The highest BCUT2D eigenvalue weighted by Gasteiger charge is 2.25. The van der Waals surface area contributed by atoms with Crippen LogP contribution in [0.1, 0.15) is 56.9 Å². The fourth-order valence-corrected chi connectivity index (χ4v) is 4.40. The van der Waals surface area contributed by atoms with Gasteiger partial charge >= 0.3 is 0 Å². The van der Waals surface area contributed by atoms with Crippen LogP contribution in [0.2, 0.25) is 0 Å². The molecule has 0 spiro atoms. The highest BCUT2D eigenvalue weighted by atomic mass is 19.2. The van der Waals surface area contributed by atoms with Gasteiger partial charge in [0.05, 0.1) is 13.2 Å². The molecule has 1 aliphatic heterocycles. The lowest BCUT2D eigenvalue weighted by Gasteiger charge is -2.30. The molecule has 0 amide bonds. The zero-order valence-electron chi connectivity index (χ0n) is 19.8. The maximum Gasteiger partial charge on any atom is 0.186 e. The van der Waals surface area contributed by atoms with Crippen LogP contribution in [0.5, 0.6) is 0 Å². The molecule has 0 unspecified atom stereocenters. The largest absolute Gasteiger partial charge is 0.348 e. The van der Waals surface area contributed by atoms with Crippen LogP contribution in [0, 0.1) is 23.4 Å². The van der Waals surface area contributed by atoms with Crippen LogP contribution in [0.15, 0.2) is 54.6 Å². The second-order valence-electron chi connectivity index (χ2n) is 8.93. The van der Waals surface area contributed by atoms with Gasteiger partial charge < -0.3 is 9.47 Å². The van der Waals surface area contributed by atoms with Crippen molar-refractivity contribution in [2.45, 2.75) is 52.2 Å². The van der Waals surface area contributed by atoms with Gasteiger partial charge in [-0.3, -0.25) is 0 Å². The van der Waals surface area contributed by atoms with Gasteiger partial charge in [-0.25, -0.2) is 13.2 Å². The molecule has 2 nitrogen and oxygen atoms in total. The molecule has 0 aromatic heterocycles. The van der Waals surface area contributed by atoms with Gasteiger partial charge in [-0.1, -0.05) is 81.6 Å². The second kappa shape index (κ2) is 11.2. The molecule has 3 aromatic rings. The fraction of sp³-hybridized carbons (Fsp3) is 0.379. The first-order valence-corrected chi connectivity index (χ1v) is 12.1. The fourth-order valence-electron chi connectivity index (χ4n) is 4.40. The van der Waals surface area contributed by atoms with E-state index in [0.717, 1.165) is 18.4 Å². The average molecular weight is 469 g/mol. The van der Waals surface area contributed by atoms with Crippen molar-refractivity contribution in [2.75, 3.05) is 13.2 Å². The highest BCUT2D eigenvalue weighted by molar-refractivity contribution is 5.71. The molecule has 1 aliphatic rings.